The number of hydrogen-bond donors (Lipinski definition) is 0. The van der Waals surface area contributed by atoms with Crippen LogP contribution in [0.25, 0.3) is 0 Å². The molecule has 1 aromatic carbocycles. The summed E-state index contributed by atoms with van der Waals surface area (Å²) in [6, 6.07) is 5.33. The lowest BCUT2D eigenvalue weighted by Gasteiger charge is -2.38. The van der Waals surface area contributed by atoms with Gasteiger partial charge in [0.1, 0.15) is 5.75 Å². The van der Waals surface area contributed by atoms with Gasteiger partial charge in [-0.05, 0) is 32.2 Å². The van der Waals surface area contributed by atoms with Gasteiger partial charge in [0, 0.05) is 30.7 Å². The first kappa shape index (κ1) is 14.2. The number of rotatable bonds is 2. The van der Waals surface area contributed by atoms with Crippen LogP contribution in [0.2, 0.25) is 5.02 Å². The first-order valence-electron chi connectivity index (χ1n) is 6.36. The first-order chi connectivity index (χ1) is 9.02. The third kappa shape index (κ3) is 3.01. The van der Waals surface area contributed by atoms with Gasteiger partial charge in [0.15, 0.2) is 0 Å². The van der Waals surface area contributed by atoms with Crippen LogP contribution >= 0.6 is 11.6 Å². The number of likely N-dealkylation sites (N-methyl/N-ethyl adjacent to an activating group) is 1. The van der Waals surface area contributed by atoms with E-state index in [0.29, 0.717) is 16.3 Å². The van der Waals surface area contributed by atoms with Gasteiger partial charge in [0.2, 0.25) is 0 Å². The lowest BCUT2D eigenvalue weighted by atomic mass is 10.1. The van der Waals surface area contributed by atoms with Crippen LogP contribution < -0.4 is 4.74 Å². The molecule has 1 atom stereocenters. The van der Waals surface area contributed by atoms with Crippen molar-refractivity contribution < 1.29 is 9.53 Å². The van der Waals surface area contributed by atoms with Gasteiger partial charge in [0.25, 0.3) is 5.91 Å². The molecule has 0 saturated carbocycles. The number of nitrogens with zero attached hydrogens (tertiary/aromatic N) is 2. The summed E-state index contributed by atoms with van der Waals surface area (Å²) < 4.78 is 5.25. The van der Waals surface area contributed by atoms with Crippen molar-refractivity contribution >= 4 is 17.5 Å². The molecular weight excluding hydrogens is 264 g/mol. The van der Waals surface area contributed by atoms with Gasteiger partial charge >= 0.3 is 0 Å². The minimum Gasteiger partial charge on any atom is -0.496 e. The van der Waals surface area contributed by atoms with E-state index in [2.05, 4.69) is 18.9 Å². The van der Waals surface area contributed by atoms with Crippen LogP contribution in [0.5, 0.6) is 5.75 Å². The van der Waals surface area contributed by atoms with E-state index >= 15 is 0 Å². The molecule has 1 aliphatic rings. The molecule has 1 unspecified atom stereocenters. The van der Waals surface area contributed by atoms with Gasteiger partial charge in [0.05, 0.1) is 12.7 Å². The number of benzene rings is 1. The van der Waals surface area contributed by atoms with E-state index < -0.39 is 0 Å². The van der Waals surface area contributed by atoms with E-state index in [1.165, 1.54) is 0 Å². The quantitative estimate of drug-likeness (QED) is 0.833. The molecule has 0 radical (unpaired) electrons. The summed E-state index contributed by atoms with van der Waals surface area (Å²) in [6.07, 6.45) is 0. The van der Waals surface area contributed by atoms with Crippen molar-refractivity contribution in [2.75, 3.05) is 33.8 Å². The van der Waals surface area contributed by atoms with E-state index in [0.717, 1.165) is 19.6 Å². The zero-order valence-electron chi connectivity index (χ0n) is 11.5. The van der Waals surface area contributed by atoms with E-state index in [4.69, 9.17) is 16.3 Å². The van der Waals surface area contributed by atoms with Gasteiger partial charge in [-0.1, -0.05) is 11.6 Å². The zero-order valence-corrected chi connectivity index (χ0v) is 12.3. The Bertz CT molecular complexity index is 479. The van der Waals surface area contributed by atoms with Crippen molar-refractivity contribution in [2.24, 2.45) is 0 Å². The number of carbonyl (C=O) groups is 1. The minimum atomic E-state index is 0.00844. The normalized spacial score (nSPS) is 20.4. The maximum atomic E-state index is 12.6. The topological polar surface area (TPSA) is 32.8 Å². The molecule has 0 aliphatic carbocycles. The van der Waals surface area contributed by atoms with Crippen molar-refractivity contribution in [3.8, 4) is 5.75 Å². The molecule has 1 aromatic rings. The second kappa shape index (κ2) is 5.80. The molecule has 104 valence electrons. The van der Waals surface area contributed by atoms with Gasteiger partial charge in [-0.2, -0.15) is 0 Å². The highest BCUT2D eigenvalue weighted by Crippen LogP contribution is 2.25. The predicted molar refractivity (Wildman–Crippen MR) is 76.0 cm³/mol. The van der Waals surface area contributed by atoms with E-state index in [-0.39, 0.29) is 11.9 Å². The van der Waals surface area contributed by atoms with E-state index in [9.17, 15) is 4.79 Å². The second-order valence-electron chi connectivity index (χ2n) is 4.95. The highest BCUT2D eigenvalue weighted by atomic mass is 35.5. The number of piperazine rings is 1. The number of ether oxygens (including phenoxy) is 1. The fourth-order valence-electron chi connectivity index (χ4n) is 2.44. The van der Waals surface area contributed by atoms with Gasteiger partial charge < -0.3 is 14.5 Å². The Balaban J connectivity index is 2.24. The van der Waals surface area contributed by atoms with Crippen molar-refractivity contribution in [2.45, 2.75) is 13.0 Å². The monoisotopic (exact) mass is 282 g/mol. The largest absolute Gasteiger partial charge is 0.496 e. The SMILES string of the molecule is COc1cc(Cl)ccc1C(=O)N1CCN(C)CC1C. The maximum absolute atomic E-state index is 12.6. The Kier molecular flexibility index (Phi) is 4.32. The summed E-state index contributed by atoms with van der Waals surface area (Å²) in [4.78, 5) is 16.7. The first-order valence-corrected chi connectivity index (χ1v) is 6.73. The Hall–Kier alpha value is -1.26. The van der Waals surface area contributed by atoms with E-state index in [1.54, 1.807) is 25.3 Å². The van der Waals surface area contributed by atoms with Crippen LogP contribution in [0, 0.1) is 0 Å². The van der Waals surface area contributed by atoms with Crippen LogP contribution in [0.3, 0.4) is 0 Å². The molecule has 5 heteroatoms. The molecule has 2 rings (SSSR count). The highest BCUT2D eigenvalue weighted by molar-refractivity contribution is 6.30. The van der Waals surface area contributed by atoms with Crippen molar-refractivity contribution in [1.29, 1.82) is 0 Å². The number of carbonyl (C=O) groups excluding carboxylic acids is 1. The molecule has 1 fully saturated rings. The van der Waals surface area contributed by atoms with Gasteiger partial charge in [-0.15, -0.1) is 0 Å². The second-order valence-corrected chi connectivity index (χ2v) is 5.39. The molecule has 0 aromatic heterocycles. The fourth-order valence-corrected chi connectivity index (χ4v) is 2.60. The number of amides is 1. The standard InChI is InChI=1S/C14H19ClN2O2/c1-10-9-16(2)6-7-17(10)14(18)12-5-4-11(15)8-13(12)19-3/h4-5,8,10H,6-7,9H2,1-3H3. The van der Waals surface area contributed by atoms with Crippen LogP contribution in [-0.4, -0.2) is 55.5 Å². The minimum absolute atomic E-state index is 0.00844. The molecule has 0 spiro atoms. The lowest BCUT2D eigenvalue weighted by molar-refractivity contribution is 0.0530. The highest BCUT2D eigenvalue weighted by Gasteiger charge is 2.28. The average molecular weight is 283 g/mol. The van der Waals surface area contributed by atoms with Crippen molar-refractivity contribution in [3.05, 3.63) is 28.8 Å². The third-order valence-corrected chi connectivity index (χ3v) is 3.72. The molecule has 19 heavy (non-hydrogen) atoms. The Morgan fingerprint density at radius 3 is 2.79 bits per heavy atom. The molecular formula is C14H19ClN2O2. The Morgan fingerprint density at radius 1 is 1.42 bits per heavy atom. The fraction of sp³-hybridized carbons (Fsp3) is 0.500. The Labute approximate surface area is 118 Å². The van der Waals surface area contributed by atoms with Crippen LogP contribution in [0.4, 0.5) is 0 Å². The molecule has 1 amide bonds. The van der Waals surface area contributed by atoms with E-state index in [1.807, 2.05) is 4.90 Å². The smallest absolute Gasteiger partial charge is 0.257 e. The summed E-state index contributed by atoms with van der Waals surface area (Å²) >= 11 is 5.92. The predicted octanol–water partition coefficient (Wildman–Crippen LogP) is 2.12. The summed E-state index contributed by atoms with van der Waals surface area (Å²) in [5, 5.41) is 0.569. The summed E-state index contributed by atoms with van der Waals surface area (Å²) in [5.74, 6) is 0.540. The van der Waals surface area contributed by atoms with Crippen LogP contribution in [-0.2, 0) is 0 Å². The van der Waals surface area contributed by atoms with Crippen LogP contribution in [0.1, 0.15) is 17.3 Å². The van der Waals surface area contributed by atoms with Crippen LogP contribution in [0.15, 0.2) is 18.2 Å². The van der Waals surface area contributed by atoms with Gasteiger partial charge in [-0.3, -0.25) is 4.79 Å². The molecule has 1 saturated heterocycles. The summed E-state index contributed by atoms with van der Waals surface area (Å²) in [6.45, 7) is 4.59. The lowest BCUT2D eigenvalue weighted by Crippen LogP contribution is -2.52. The van der Waals surface area contributed by atoms with Crippen molar-refractivity contribution in [1.82, 2.24) is 9.80 Å². The molecule has 4 nitrogen and oxygen atoms in total. The average Bonchev–Trinajstić information content (AvgIpc) is 2.37. The Morgan fingerprint density at radius 2 is 2.16 bits per heavy atom. The molecule has 1 heterocycles. The summed E-state index contributed by atoms with van der Waals surface area (Å²) in [7, 11) is 3.62. The van der Waals surface area contributed by atoms with Crippen molar-refractivity contribution in [3.63, 3.8) is 0 Å². The molecule has 0 N–H and O–H groups in total. The molecule has 0 bridgehead atoms. The number of halogens is 1. The number of methoxy groups -OCH3 is 1. The summed E-state index contributed by atoms with van der Waals surface area (Å²) in [5.41, 5.74) is 0.573. The third-order valence-electron chi connectivity index (χ3n) is 3.49. The maximum Gasteiger partial charge on any atom is 0.257 e. The zero-order chi connectivity index (χ0) is 14.0. The molecule has 1 aliphatic heterocycles. The van der Waals surface area contributed by atoms with Gasteiger partial charge in [-0.25, -0.2) is 0 Å². The number of hydrogen-bond acceptors (Lipinski definition) is 3.